The van der Waals surface area contributed by atoms with Crippen molar-refractivity contribution in [2.45, 2.75) is 47.7 Å². The van der Waals surface area contributed by atoms with E-state index in [9.17, 15) is 30.7 Å². The third kappa shape index (κ3) is 4.16. The highest BCUT2D eigenvalue weighted by Gasteiger charge is 2.82. The molecule has 0 radical (unpaired) electrons. The molecule has 0 aromatic heterocycles. The SMILES string of the molecule is COC(C)(CCCN(C)C)C(F)(F)C(F)(F)C(F)(Cl)C(F)(F)Cl. The van der Waals surface area contributed by atoms with Crippen molar-refractivity contribution in [1.82, 2.24) is 4.90 Å². The quantitative estimate of drug-likeness (QED) is 0.413. The van der Waals surface area contributed by atoms with Crippen molar-refractivity contribution in [3.63, 3.8) is 0 Å². The Kier molecular flexibility index (Phi) is 7.10. The number of halogens is 9. The van der Waals surface area contributed by atoms with E-state index < -0.39 is 34.4 Å². The van der Waals surface area contributed by atoms with Crippen LogP contribution < -0.4 is 0 Å². The molecule has 0 amide bonds. The normalized spacial score (nSPS) is 19.6. The zero-order valence-electron chi connectivity index (χ0n) is 12.9. The predicted octanol–water partition coefficient (Wildman–Crippen LogP) is 4.74. The molecule has 0 spiro atoms. The molecule has 0 aromatic carbocycles. The Balaban J connectivity index is 5.70. The summed E-state index contributed by atoms with van der Waals surface area (Å²) in [5, 5.41) is -10.9. The van der Waals surface area contributed by atoms with Crippen molar-refractivity contribution in [1.29, 1.82) is 0 Å². The Labute approximate surface area is 139 Å². The van der Waals surface area contributed by atoms with Gasteiger partial charge in [0.25, 0.3) is 0 Å². The van der Waals surface area contributed by atoms with Gasteiger partial charge in [-0.1, -0.05) is 11.6 Å². The molecule has 11 heteroatoms. The molecule has 0 aliphatic heterocycles. The fraction of sp³-hybridized carbons (Fsp3) is 1.00. The molecule has 2 unspecified atom stereocenters. The van der Waals surface area contributed by atoms with Crippen LogP contribution in [0.5, 0.6) is 0 Å². The van der Waals surface area contributed by atoms with Crippen molar-refractivity contribution in [2.75, 3.05) is 27.7 Å². The first-order valence-corrected chi connectivity index (χ1v) is 7.13. The molecule has 23 heavy (non-hydrogen) atoms. The van der Waals surface area contributed by atoms with Gasteiger partial charge in [-0.2, -0.15) is 26.3 Å². The Hall–Kier alpha value is 0.01000. The van der Waals surface area contributed by atoms with Crippen molar-refractivity contribution in [2.24, 2.45) is 0 Å². The third-order valence-corrected chi connectivity index (χ3v) is 4.35. The highest BCUT2D eigenvalue weighted by Crippen LogP contribution is 2.59. The van der Waals surface area contributed by atoms with E-state index in [1.165, 1.54) is 0 Å². The molecule has 2 nitrogen and oxygen atoms in total. The molecule has 0 aliphatic rings. The van der Waals surface area contributed by atoms with Gasteiger partial charge >= 0.3 is 22.4 Å². The first kappa shape index (κ1) is 23.0. The van der Waals surface area contributed by atoms with E-state index in [1.54, 1.807) is 19.0 Å². The molecule has 0 saturated heterocycles. The minimum Gasteiger partial charge on any atom is -0.372 e. The van der Waals surface area contributed by atoms with Crippen LogP contribution in [0, 0.1) is 0 Å². The van der Waals surface area contributed by atoms with Gasteiger partial charge in [0.15, 0.2) is 0 Å². The highest BCUT2D eigenvalue weighted by atomic mass is 35.5. The van der Waals surface area contributed by atoms with Gasteiger partial charge in [-0.25, -0.2) is 4.39 Å². The minimum absolute atomic E-state index is 0.0398. The van der Waals surface area contributed by atoms with Crippen LogP contribution in [-0.2, 0) is 4.74 Å². The average molecular weight is 396 g/mol. The lowest BCUT2D eigenvalue weighted by Crippen LogP contribution is -2.67. The highest BCUT2D eigenvalue weighted by molar-refractivity contribution is 6.33. The Morgan fingerprint density at radius 2 is 1.35 bits per heavy atom. The van der Waals surface area contributed by atoms with Gasteiger partial charge in [-0.3, -0.25) is 0 Å². The second-order valence-electron chi connectivity index (χ2n) is 5.56. The number of hydrogen-bond donors (Lipinski definition) is 0. The molecule has 0 fully saturated rings. The summed E-state index contributed by atoms with van der Waals surface area (Å²) in [6.45, 7) is 0.795. The maximum atomic E-state index is 14.2. The fourth-order valence-corrected chi connectivity index (χ4v) is 2.06. The summed E-state index contributed by atoms with van der Waals surface area (Å²) in [5.74, 6) is -11.4. The minimum atomic E-state index is -6.00. The van der Waals surface area contributed by atoms with Crippen LogP contribution in [0.15, 0.2) is 0 Å². The van der Waals surface area contributed by atoms with Gasteiger partial charge in [0.2, 0.25) is 0 Å². The maximum Gasteiger partial charge on any atom is 0.375 e. The van der Waals surface area contributed by atoms with Gasteiger partial charge in [-0.05, 0) is 52.0 Å². The van der Waals surface area contributed by atoms with Gasteiger partial charge < -0.3 is 9.64 Å². The molecule has 2 atom stereocenters. The Morgan fingerprint density at radius 1 is 0.913 bits per heavy atom. The lowest BCUT2D eigenvalue weighted by Gasteiger charge is -2.44. The Bertz CT molecular complexity index is 401. The van der Waals surface area contributed by atoms with Crippen LogP contribution in [0.2, 0.25) is 0 Å². The van der Waals surface area contributed by atoms with Gasteiger partial charge in [-0.15, -0.1) is 0 Å². The number of alkyl halides is 9. The van der Waals surface area contributed by atoms with E-state index in [4.69, 9.17) is 0 Å². The summed E-state index contributed by atoms with van der Waals surface area (Å²) >= 11 is 8.55. The van der Waals surface area contributed by atoms with Gasteiger partial charge in [0.1, 0.15) is 5.60 Å². The number of methoxy groups -OCH3 is 1. The van der Waals surface area contributed by atoms with E-state index in [1.807, 2.05) is 0 Å². The van der Waals surface area contributed by atoms with Crippen molar-refractivity contribution in [3.05, 3.63) is 0 Å². The predicted molar refractivity (Wildman–Crippen MR) is 73.6 cm³/mol. The topological polar surface area (TPSA) is 12.5 Å². The van der Waals surface area contributed by atoms with Crippen LogP contribution in [0.1, 0.15) is 19.8 Å². The van der Waals surface area contributed by atoms with E-state index in [0.717, 1.165) is 0 Å². The van der Waals surface area contributed by atoms with Crippen LogP contribution in [0.3, 0.4) is 0 Å². The number of nitrogens with zero attached hydrogens (tertiary/aromatic N) is 1. The molecule has 0 N–H and O–H groups in total. The lowest BCUT2D eigenvalue weighted by atomic mass is 9.85. The molecule has 0 heterocycles. The van der Waals surface area contributed by atoms with Crippen molar-refractivity contribution in [3.8, 4) is 0 Å². The molecule has 0 aliphatic carbocycles. The zero-order chi connectivity index (χ0) is 18.9. The van der Waals surface area contributed by atoms with Crippen LogP contribution in [0.4, 0.5) is 30.7 Å². The average Bonchev–Trinajstić information content (AvgIpc) is 2.35. The first-order chi connectivity index (χ1) is 9.98. The molecule has 0 saturated carbocycles. The van der Waals surface area contributed by atoms with E-state index in [-0.39, 0.29) is 13.0 Å². The molecule has 0 bridgehead atoms. The van der Waals surface area contributed by atoms with Crippen LogP contribution in [0.25, 0.3) is 0 Å². The second-order valence-corrected chi connectivity index (χ2v) is 6.56. The Morgan fingerprint density at radius 3 is 1.65 bits per heavy atom. The molecule has 0 rings (SSSR count). The smallest absolute Gasteiger partial charge is 0.372 e. The molecule has 0 aromatic rings. The van der Waals surface area contributed by atoms with Gasteiger partial charge in [0.05, 0.1) is 0 Å². The first-order valence-electron chi connectivity index (χ1n) is 6.38. The summed E-state index contributed by atoms with van der Waals surface area (Å²) in [7, 11) is 3.90. The summed E-state index contributed by atoms with van der Waals surface area (Å²) in [4.78, 5) is 1.58. The van der Waals surface area contributed by atoms with E-state index in [0.29, 0.717) is 14.0 Å². The monoisotopic (exact) mass is 395 g/mol. The van der Waals surface area contributed by atoms with Crippen molar-refractivity contribution < 1.29 is 35.5 Å². The molecule has 140 valence electrons. The number of rotatable bonds is 9. The number of hydrogen-bond acceptors (Lipinski definition) is 2. The molecular formula is C12H18Cl2F7NO. The lowest BCUT2D eigenvalue weighted by molar-refractivity contribution is -0.334. The third-order valence-electron chi connectivity index (χ3n) is 3.52. The maximum absolute atomic E-state index is 14.2. The molecular weight excluding hydrogens is 378 g/mol. The standard InChI is InChI=1S/C12H18Cl2F7NO/c1-8(23-4,6-5-7-22(2)3)10(16,17)11(18,19)9(13,15)12(14,20)21/h5-7H2,1-4H3. The largest absolute Gasteiger partial charge is 0.375 e. The van der Waals surface area contributed by atoms with Gasteiger partial charge in [0, 0.05) is 7.11 Å². The van der Waals surface area contributed by atoms with E-state index in [2.05, 4.69) is 27.9 Å². The second kappa shape index (κ2) is 7.09. The van der Waals surface area contributed by atoms with Crippen molar-refractivity contribution >= 4 is 23.2 Å². The fourth-order valence-electron chi connectivity index (χ4n) is 1.83. The summed E-state index contributed by atoms with van der Waals surface area (Å²) in [6, 6.07) is 0. The van der Waals surface area contributed by atoms with Crippen LogP contribution in [-0.4, -0.2) is 60.6 Å². The number of ether oxygens (including phenoxy) is 1. The zero-order valence-corrected chi connectivity index (χ0v) is 14.4. The van der Waals surface area contributed by atoms with E-state index >= 15 is 0 Å². The van der Waals surface area contributed by atoms with Crippen LogP contribution >= 0.6 is 23.2 Å². The summed E-state index contributed by atoms with van der Waals surface area (Å²) < 4.78 is 99.6. The summed E-state index contributed by atoms with van der Waals surface area (Å²) in [6.07, 6.45) is -0.701. The summed E-state index contributed by atoms with van der Waals surface area (Å²) in [5.41, 5.74) is -2.94.